The Labute approximate surface area is 363 Å². The average Bonchev–Trinajstić information content (AvgIpc) is 3.23. The minimum atomic E-state index is -0.863. The third-order valence-electron chi connectivity index (χ3n) is 11.8. The summed E-state index contributed by atoms with van der Waals surface area (Å²) >= 11 is 0. The molecular formula is C54H101NO3. The minimum absolute atomic E-state index is 0.0734. The van der Waals surface area contributed by atoms with Crippen molar-refractivity contribution in [2.75, 3.05) is 6.61 Å². The van der Waals surface area contributed by atoms with E-state index in [0.29, 0.717) is 6.42 Å². The van der Waals surface area contributed by atoms with Gasteiger partial charge in [-0.05, 0) is 64.2 Å². The van der Waals surface area contributed by atoms with Crippen molar-refractivity contribution in [2.45, 2.75) is 283 Å². The lowest BCUT2D eigenvalue weighted by Crippen LogP contribution is -2.45. The quantitative estimate of drug-likeness (QED) is 0.0423. The van der Waals surface area contributed by atoms with Gasteiger partial charge in [0.25, 0.3) is 0 Å². The fourth-order valence-electron chi connectivity index (χ4n) is 7.81. The Morgan fingerprint density at radius 1 is 0.414 bits per heavy atom. The summed E-state index contributed by atoms with van der Waals surface area (Å²) in [6, 6.07) is -0.640. The van der Waals surface area contributed by atoms with Gasteiger partial charge in [-0.1, -0.05) is 249 Å². The number of unbranched alkanes of at least 4 members (excludes halogenated alkanes) is 34. The van der Waals surface area contributed by atoms with Gasteiger partial charge in [-0.3, -0.25) is 4.79 Å². The Balaban J connectivity index is 3.53. The summed E-state index contributed by atoms with van der Waals surface area (Å²) in [5, 5.41) is 23.1. The van der Waals surface area contributed by atoms with E-state index >= 15 is 0 Å². The lowest BCUT2D eigenvalue weighted by molar-refractivity contribution is -0.123. The molecule has 0 spiro atoms. The van der Waals surface area contributed by atoms with Crippen LogP contribution in [-0.2, 0) is 4.79 Å². The lowest BCUT2D eigenvalue weighted by Gasteiger charge is -2.19. The highest BCUT2D eigenvalue weighted by atomic mass is 16.3. The SMILES string of the molecule is CCCCCCCCCCC/C=C\C/C=C\CCCCCCCCCCCCCCCC(=O)NC(CO)C(O)/C=C/CC/C=C/CCCCCCCCCCCCC. The van der Waals surface area contributed by atoms with Crippen LogP contribution in [0.5, 0.6) is 0 Å². The van der Waals surface area contributed by atoms with Gasteiger partial charge in [0, 0.05) is 6.42 Å². The molecule has 0 saturated carbocycles. The van der Waals surface area contributed by atoms with Crippen LogP contribution in [0.1, 0.15) is 271 Å². The normalized spacial score (nSPS) is 13.2. The fourth-order valence-corrected chi connectivity index (χ4v) is 7.81. The highest BCUT2D eigenvalue weighted by molar-refractivity contribution is 5.76. The second kappa shape index (κ2) is 49.7. The standard InChI is InChI=1S/C54H101NO3/c1-3-5-7-9-11-13-15-17-19-21-22-23-24-25-26-27-28-29-30-31-32-34-36-38-40-42-44-46-48-50-54(58)55-52(51-56)53(57)49-47-45-43-41-39-37-35-33-20-18-16-14-12-10-8-6-4-2/h22-23,25-26,39,41,47,49,52-53,56-57H,3-21,24,27-38,40,42-46,48,50-51H2,1-2H3,(H,55,58)/b23-22-,26-25-,41-39+,49-47+. The van der Waals surface area contributed by atoms with Gasteiger partial charge >= 0.3 is 0 Å². The minimum Gasteiger partial charge on any atom is -0.394 e. The van der Waals surface area contributed by atoms with Gasteiger partial charge in [0.2, 0.25) is 5.91 Å². The van der Waals surface area contributed by atoms with Crippen LogP contribution < -0.4 is 5.32 Å². The fraction of sp³-hybridized carbons (Fsp3) is 0.833. The number of nitrogens with one attached hydrogen (secondary N) is 1. The van der Waals surface area contributed by atoms with Crippen molar-refractivity contribution in [1.82, 2.24) is 5.32 Å². The van der Waals surface area contributed by atoms with E-state index in [4.69, 9.17) is 0 Å². The van der Waals surface area contributed by atoms with E-state index in [1.165, 1.54) is 212 Å². The molecule has 0 bridgehead atoms. The molecule has 58 heavy (non-hydrogen) atoms. The zero-order valence-corrected chi connectivity index (χ0v) is 39.1. The number of carbonyl (C=O) groups is 1. The predicted octanol–water partition coefficient (Wildman–Crippen LogP) is 16.7. The zero-order valence-electron chi connectivity index (χ0n) is 39.1. The van der Waals surface area contributed by atoms with Gasteiger partial charge in [0.15, 0.2) is 0 Å². The first-order valence-corrected chi connectivity index (χ1v) is 25.9. The molecule has 0 fully saturated rings. The number of aliphatic hydroxyl groups excluding tert-OH is 2. The Morgan fingerprint density at radius 3 is 1.10 bits per heavy atom. The Bertz CT molecular complexity index is 923. The van der Waals surface area contributed by atoms with Crippen molar-refractivity contribution < 1.29 is 15.0 Å². The van der Waals surface area contributed by atoms with Gasteiger partial charge in [-0.25, -0.2) is 0 Å². The van der Waals surface area contributed by atoms with Crippen LogP contribution in [0.3, 0.4) is 0 Å². The number of allylic oxidation sites excluding steroid dienone is 7. The molecule has 0 rings (SSSR count). The summed E-state index contributed by atoms with van der Waals surface area (Å²) in [5.74, 6) is -0.0734. The van der Waals surface area contributed by atoms with Gasteiger partial charge < -0.3 is 15.5 Å². The third-order valence-corrected chi connectivity index (χ3v) is 11.8. The Hall–Kier alpha value is -1.65. The topological polar surface area (TPSA) is 69.6 Å². The summed E-state index contributed by atoms with van der Waals surface area (Å²) in [6.07, 6.45) is 68.2. The summed E-state index contributed by atoms with van der Waals surface area (Å²) < 4.78 is 0. The highest BCUT2D eigenvalue weighted by Crippen LogP contribution is 2.15. The smallest absolute Gasteiger partial charge is 0.220 e. The molecule has 0 aromatic carbocycles. The molecule has 0 saturated heterocycles. The van der Waals surface area contributed by atoms with E-state index in [0.717, 1.165) is 38.5 Å². The molecule has 0 aromatic heterocycles. The number of carbonyl (C=O) groups excluding carboxylic acids is 1. The number of aliphatic hydroxyl groups is 2. The first-order chi connectivity index (χ1) is 28.7. The molecular weight excluding hydrogens is 711 g/mol. The van der Waals surface area contributed by atoms with E-state index in [1.807, 2.05) is 6.08 Å². The molecule has 4 heteroatoms. The number of hydrogen-bond donors (Lipinski definition) is 3. The molecule has 3 N–H and O–H groups in total. The van der Waals surface area contributed by atoms with Gasteiger partial charge in [0.05, 0.1) is 18.8 Å². The van der Waals surface area contributed by atoms with Crippen LogP contribution in [-0.4, -0.2) is 34.9 Å². The summed E-state index contributed by atoms with van der Waals surface area (Å²) in [5.41, 5.74) is 0. The van der Waals surface area contributed by atoms with Crippen molar-refractivity contribution >= 4 is 5.91 Å². The number of rotatable bonds is 47. The largest absolute Gasteiger partial charge is 0.394 e. The monoisotopic (exact) mass is 812 g/mol. The summed E-state index contributed by atoms with van der Waals surface area (Å²) in [7, 11) is 0. The molecule has 0 aliphatic rings. The molecule has 2 unspecified atom stereocenters. The number of hydrogen-bond acceptors (Lipinski definition) is 3. The molecule has 4 nitrogen and oxygen atoms in total. The van der Waals surface area contributed by atoms with Crippen LogP contribution in [0.25, 0.3) is 0 Å². The van der Waals surface area contributed by atoms with Crippen molar-refractivity contribution in [3.8, 4) is 0 Å². The zero-order chi connectivity index (χ0) is 42.1. The highest BCUT2D eigenvalue weighted by Gasteiger charge is 2.17. The molecule has 1 amide bonds. The van der Waals surface area contributed by atoms with Crippen LogP contribution in [0.4, 0.5) is 0 Å². The van der Waals surface area contributed by atoms with E-state index in [2.05, 4.69) is 55.6 Å². The van der Waals surface area contributed by atoms with Gasteiger partial charge in [0.1, 0.15) is 0 Å². The van der Waals surface area contributed by atoms with E-state index in [1.54, 1.807) is 6.08 Å². The first-order valence-electron chi connectivity index (χ1n) is 25.9. The van der Waals surface area contributed by atoms with Gasteiger partial charge in [-0.2, -0.15) is 0 Å². The average molecular weight is 812 g/mol. The van der Waals surface area contributed by atoms with Crippen LogP contribution in [0.15, 0.2) is 48.6 Å². The maximum Gasteiger partial charge on any atom is 0.220 e. The molecule has 2 atom stereocenters. The molecule has 0 aliphatic carbocycles. The van der Waals surface area contributed by atoms with Crippen molar-refractivity contribution in [1.29, 1.82) is 0 Å². The maximum absolute atomic E-state index is 12.4. The Morgan fingerprint density at radius 2 is 0.724 bits per heavy atom. The second-order valence-electron chi connectivity index (χ2n) is 17.6. The van der Waals surface area contributed by atoms with Crippen LogP contribution in [0.2, 0.25) is 0 Å². The summed E-state index contributed by atoms with van der Waals surface area (Å²) in [4.78, 5) is 12.4. The van der Waals surface area contributed by atoms with E-state index in [-0.39, 0.29) is 12.5 Å². The Kier molecular flexibility index (Phi) is 48.3. The third kappa shape index (κ3) is 45.4. The molecule has 0 aromatic rings. The van der Waals surface area contributed by atoms with Crippen molar-refractivity contribution in [3.63, 3.8) is 0 Å². The molecule has 340 valence electrons. The van der Waals surface area contributed by atoms with Crippen molar-refractivity contribution in [2.24, 2.45) is 0 Å². The van der Waals surface area contributed by atoms with Crippen molar-refractivity contribution in [3.05, 3.63) is 48.6 Å². The van der Waals surface area contributed by atoms with Crippen LogP contribution in [0, 0.1) is 0 Å². The number of amides is 1. The van der Waals surface area contributed by atoms with Gasteiger partial charge in [-0.15, -0.1) is 0 Å². The van der Waals surface area contributed by atoms with E-state index < -0.39 is 12.1 Å². The maximum atomic E-state index is 12.4. The second-order valence-corrected chi connectivity index (χ2v) is 17.6. The lowest BCUT2D eigenvalue weighted by atomic mass is 10.0. The first kappa shape index (κ1) is 56.4. The van der Waals surface area contributed by atoms with E-state index in [9.17, 15) is 15.0 Å². The molecule has 0 heterocycles. The van der Waals surface area contributed by atoms with Crippen LogP contribution >= 0.6 is 0 Å². The predicted molar refractivity (Wildman–Crippen MR) is 258 cm³/mol. The molecule has 0 aliphatic heterocycles. The summed E-state index contributed by atoms with van der Waals surface area (Å²) in [6.45, 7) is 4.31. The molecule has 0 radical (unpaired) electrons.